The van der Waals surface area contributed by atoms with Crippen LogP contribution in [0, 0.1) is 23.7 Å². The van der Waals surface area contributed by atoms with E-state index in [1.54, 1.807) is 17.0 Å². The number of hydrogen-bond donors (Lipinski definition) is 0. The average Bonchev–Trinajstić information content (AvgIpc) is 2.18. The lowest BCUT2D eigenvalue weighted by atomic mass is 10.3. The molecule has 0 spiro atoms. The van der Waals surface area contributed by atoms with E-state index in [9.17, 15) is 0 Å². The number of rotatable bonds is 2. The molecule has 0 aliphatic carbocycles. The van der Waals surface area contributed by atoms with Crippen molar-refractivity contribution < 1.29 is 0 Å². The van der Waals surface area contributed by atoms with Crippen LogP contribution in [-0.2, 0) is 0 Å². The summed E-state index contributed by atoms with van der Waals surface area (Å²) in [7, 11) is 1.84. The molecule has 3 heteroatoms. The van der Waals surface area contributed by atoms with Crippen LogP contribution in [0.4, 0.5) is 5.82 Å². The third-order valence-corrected chi connectivity index (χ3v) is 1.57. The highest BCUT2D eigenvalue weighted by atomic mass is 15.2. The standard InChI is InChI=1S/C10H9N3/c1-3-7-13(2)10-6-4-5-9(8-11)12-10/h1,4-6H,7H2,2H3. The normalized spacial score (nSPS) is 8.54. The Bertz CT molecular complexity index is 370. The fourth-order valence-electron chi connectivity index (χ4n) is 0.916. The Labute approximate surface area is 77.6 Å². The Hall–Kier alpha value is -2.00. The van der Waals surface area contributed by atoms with E-state index in [-0.39, 0.29) is 0 Å². The Kier molecular flexibility index (Phi) is 2.89. The summed E-state index contributed by atoms with van der Waals surface area (Å²) >= 11 is 0. The fraction of sp³-hybridized carbons (Fsp3) is 0.200. The van der Waals surface area contributed by atoms with Crippen LogP contribution in [-0.4, -0.2) is 18.6 Å². The maximum atomic E-state index is 8.60. The van der Waals surface area contributed by atoms with Gasteiger partial charge in [0.2, 0.25) is 0 Å². The number of hydrogen-bond acceptors (Lipinski definition) is 3. The molecule has 0 bridgehead atoms. The van der Waals surface area contributed by atoms with Crippen LogP contribution in [0.15, 0.2) is 18.2 Å². The first kappa shape index (κ1) is 9.09. The first-order valence-electron chi connectivity index (χ1n) is 3.79. The Morgan fingerprint density at radius 2 is 2.38 bits per heavy atom. The summed E-state index contributed by atoms with van der Waals surface area (Å²) in [5.41, 5.74) is 0.404. The summed E-state index contributed by atoms with van der Waals surface area (Å²) in [4.78, 5) is 5.89. The molecule has 0 atom stereocenters. The molecule has 0 aliphatic heterocycles. The van der Waals surface area contributed by atoms with Crippen molar-refractivity contribution in [1.82, 2.24) is 4.98 Å². The highest BCUT2D eigenvalue weighted by Crippen LogP contribution is 2.07. The van der Waals surface area contributed by atoms with E-state index in [0.717, 1.165) is 5.82 Å². The van der Waals surface area contributed by atoms with Crippen molar-refractivity contribution >= 4 is 5.82 Å². The number of pyridine rings is 1. The van der Waals surface area contributed by atoms with Crippen molar-refractivity contribution in [3.8, 4) is 18.4 Å². The second-order valence-electron chi connectivity index (χ2n) is 2.55. The Morgan fingerprint density at radius 1 is 1.62 bits per heavy atom. The summed E-state index contributed by atoms with van der Waals surface area (Å²) in [5.74, 6) is 3.23. The molecule has 1 aromatic rings. The van der Waals surface area contributed by atoms with Gasteiger partial charge >= 0.3 is 0 Å². The highest BCUT2D eigenvalue weighted by Gasteiger charge is 2.00. The van der Waals surface area contributed by atoms with Crippen molar-refractivity contribution in [2.75, 3.05) is 18.5 Å². The maximum absolute atomic E-state index is 8.60. The lowest BCUT2D eigenvalue weighted by Gasteiger charge is -2.14. The van der Waals surface area contributed by atoms with Crippen molar-refractivity contribution in [1.29, 1.82) is 5.26 Å². The van der Waals surface area contributed by atoms with Gasteiger partial charge in [-0.1, -0.05) is 12.0 Å². The Balaban J connectivity index is 2.91. The highest BCUT2D eigenvalue weighted by molar-refractivity contribution is 5.41. The largest absolute Gasteiger partial charge is 0.348 e. The van der Waals surface area contributed by atoms with Gasteiger partial charge in [-0.2, -0.15) is 5.26 Å². The van der Waals surface area contributed by atoms with Crippen LogP contribution in [0.2, 0.25) is 0 Å². The van der Waals surface area contributed by atoms with E-state index in [4.69, 9.17) is 11.7 Å². The SMILES string of the molecule is C#CCN(C)c1cccc(C#N)n1. The molecule has 0 amide bonds. The van der Waals surface area contributed by atoms with E-state index in [1.807, 2.05) is 19.2 Å². The number of nitriles is 1. The van der Waals surface area contributed by atoms with Gasteiger partial charge in [-0.25, -0.2) is 4.98 Å². The van der Waals surface area contributed by atoms with Gasteiger partial charge in [0.25, 0.3) is 0 Å². The molecule has 0 N–H and O–H groups in total. The molecule has 0 aromatic carbocycles. The molecule has 1 rings (SSSR count). The van der Waals surface area contributed by atoms with Crippen LogP contribution < -0.4 is 4.90 Å². The van der Waals surface area contributed by atoms with Gasteiger partial charge in [-0.3, -0.25) is 0 Å². The lowest BCUT2D eigenvalue weighted by Crippen LogP contribution is -2.18. The maximum Gasteiger partial charge on any atom is 0.142 e. The van der Waals surface area contributed by atoms with Crippen LogP contribution in [0.5, 0.6) is 0 Å². The van der Waals surface area contributed by atoms with Crippen molar-refractivity contribution in [3.05, 3.63) is 23.9 Å². The van der Waals surface area contributed by atoms with Crippen LogP contribution in [0.1, 0.15) is 5.69 Å². The molecular weight excluding hydrogens is 162 g/mol. The van der Waals surface area contributed by atoms with Gasteiger partial charge in [-0.15, -0.1) is 6.42 Å². The minimum Gasteiger partial charge on any atom is -0.348 e. The third kappa shape index (κ3) is 2.21. The molecule has 0 radical (unpaired) electrons. The van der Waals surface area contributed by atoms with Gasteiger partial charge in [0.15, 0.2) is 0 Å². The summed E-state index contributed by atoms with van der Waals surface area (Å²) in [6, 6.07) is 7.24. The zero-order valence-electron chi connectivity index (χ0n) is 7.36. The zero-order chi connectivity index (χ0) is 9.68. The lowest BCUT2D eigenvalue weighted by molar-refractivity contribution is 1.00. The van der Waals surface area contributed by atoms with E-state index in [1.165, 1.54) is 0 Å². The molecule has 13 heavy (non-hydrogen) atoms. The predicted molar refractivity (Wildman–Crippen MR) is 51.1 cm³/mol. The fourth-order valence-corrected chi connectivity index (χ4v) is 0.916. The third-order valence-electron chi connectivity index (χ3n) is 1.57. The van der Waals surface area contributed by atoms with E-state index < -0.39 is 0 Å². The molecule has 0 aliphatic rings. The first-order valence-corrected chi connectivity index (χ1v) is 3.79. The van der Waals surface area contributed by atoms with Crippen LogP contribution in [0.3, 0.4) is 0 Å². The molecular formula is C10H9N3. The van der Waals surface area contributed by atoms with Gasteiger partial charge < -0.3 is 4.90 Å². The van der Waals surface area contributed by atoms with E-state index >= 15 is 0 Å². The number of terminal acetylenes is 1. The monoisotopic (exact) mass is 171 g/mol. The number of anilines is 1. The topological polar surface area (TPSA) is 39.9 Å². The first-order chi connectivity index (χ1) is 6.27. The second kappa shape index (κ2) is 4.13. The molecule has 0 fully saturated rings. The summed E-state index contributed by atoms with van der Waals surface area (Å²) in [6.45, 7) is 0.488. The van der Waals surface area contributed by atoms with E-state index in [2.05, 4.69) is 10.9 Å². The zero-order valence-corrected chi connectivity index (χ0v) is 7.36. The van der Waals surface area contributed by atoms with Crippen molar-refractivity contribution in [2.45, 2.75) is 0 Å². The van der Waals surface area contributed by atoms with Gasteiger partial charge in [0, 0.05) is 7.05 Å². The minimum absolute atomic E-state index is 0.404. The molecule has 1 aromatic heterocycles. The molecule has 64 valence electrons. The number of aromatic nitrogens is 1. The molecule has 0 unspecified atom stereocenters. The molecule has 1 heterocycles. The molecule has 0 saturated heterocycles. The Morgan fingerprint density at radius 3 is 3.00 bits per heavy atom. The average molecular weight is 171 g/mol. The summed E-state index contributed by atoms with van der Waals surface area (Å²) < 4.78 is 0. The smallest absolute Gasteiger partial charge is 0.142 e. The molecule has 3 nitrogen and oxygen atoms in total. The summed E-state index contributed by atoms with van der Waals surface area (Å²) in [6.07, 6.45) is 5.15. The van der Waals surface area contributed by atoms with Gasteiger partial charge in [0.05, 0.1) is 6.54 Å². The minimum atomic E-state index is 0.404. The quantitative estimate of drug-likeness (QED) is 0.624. The van der Waals surface area contributed by atoms with Crippen molar-refractivity contribution in [2.24, 2.45) is 0 Å². The predicted octanol–water partition coefficient (Wildman–Crippen LogP) is 1.02. The van der Waals surface area contributed by atoms with Crippen LogP contribution in [0.25, 0.3) is 0 Å². The van der Waals surface area contributed by atoms with Gasteiger partial charge in [-0.05, 0) is 12.1 Å². The van der Waals surface area contributed by atoms with Gasteiger partial charge in [0.1, 0.15) is 17.6 Å². The molecule has 0 saturated carbocycles. The number of nitrogens with zero attached hydrogens (tertiary/aromatic N) is 3. The second-order valence-corrected chi connectivity index (χ2v) is 2.55. The summed E-state index contributed by atoms with van der Waals surface area (Å²) in [5, 5.41) is 8.60. The van der Waals surface area contributed by atoms with E-state index in [0.29, 0.717) is 12.2 Å². The van der Waals surface area contributed by atoms with Crippen LogP contribution >= 0.6 is 0 Å². The van der Waals surface area contributed by atoms with Crippen molar-refractivity contribution in [3.63, 3.8) is 0 Å².